The molecular weight excluding hydrogens is 479 g/mol. The Balaban J connectivity index is 1.61. The van der Waals surface area contributed by atoms with Crippen molar-refractivity contribution >= 4 is 41.3 Å². The number of nitrogens with zero attached hydrogens (tertiary/aromatic N) is 1. The van der Waals surface area contributed by atoms with E-state index >= 15 is 0 Å². The molecule has 0 atom stereocenters. The molecule has 7 nitrogen and oxygen atoms in total. The Morgan fingerprint density at radius 1 is 0.971 bits per heavy atom. The molecule has 0 radical (unpaired) electrons. The molecule has 3 rings (SSSR count). The fourth-order valence-corrected chi connectivity index (χ4v) is 3.25. The van der Waals surface area contributed by atoms with Crippen molar-refractivity contribution in [3.05, 3.63) is 87.4 Å². The van der Waals surface area contributed by atoms with Gasteiger partial charge in [0.15, 0.2) is 18.1 Å². The lowest BCUT2D eigenvalue weighted by atomic mass is 10.2. The van der Waals surface area contributed by atoms with E-state index in [1.807, 2.05) is 19.1 Å². The Labute approximate surface area is 207 Å². The van der Waals surface area contributed by atoms with Crippen LogP contribution in [0.4, 0.5) is 0 Å². The summed E-state index contributed by atoms with van der Waals surface area (Å²) in [6.45, 7) is 3.94. The molecule has 0 aromatic heterocycles. The molecule has 0 heterocycles. The normalized spacial score (nSPS) is 10.7. The van der Waals surface area contributed by atoms with Crippen molar-refractivity contribution in [3.8, 4) is 17.2 Å². The number of hydrazone groups is 1. The van der Waals surface area contributed by atoms with Gasteiger partial charge in [-0.25, -0.2) is 10.2 Å². The largest absolute Gasteiger partial charge is 0.490 e. The summed E-state index contributed by atoms with van der Waals surface area (Å²) in [5.41, 5.74) is 4.29. The van der Waals surface area contributed by atoms with Crippen molar-refractivity contribution in [1.82, 2.24) is 5.43 Å². The van der Waals surface area contributed by atoms with Gasteiger partial charge in [0.1, 0.15) is 5.75 Å². The number of rotatable bonds is 9. The van der Waals surface area contributed by atoms with Crippen molar-refractivity contribution in [2.75, 3.05) is 13.2 Å². The van der Waals surface area contributed by atoms with Crippen LogP contribution in [-0.2, 0) is 4.79 Å². The number of halogens is 2. The quantitative estimate of drug-likeness (QED) is 0.182. The first-order valence-electron chi connectivity index (χ1n) is 10.3. The average Bonchev–Trinajstić information content (AvgIpc) is 2.80. The van der Waals surface area contributed by atoms with Gasteiger partial charge >= 0.3 is 5.97 Å². The molecule has 34 heavy (non-hydrogen) atoms. The third-order valence-corrected chi connectivity index (χ3v) is 4.96. The minimum Gasteiger partial charge on any atom is -0.490 e. The zero-order valence-electron chi connectivity index (χ0n) is 18.5. The maximum absolute atomic E-state index is 12.5. The summed E-state index contributed by atoms with van der Waals surface area (Å²) >= 11 is 12.0. The molecule has 3 aromatic rings. The summed E-state index contributed by atoms with van der Waals surface area (Å²) in [5.74, 6) is 0.0812. The van der Waals surface area contributed by atoms with Crippen LogP contribution in [0.1, 0.15) is 28.4 Å². The fraction of sp³-hybridized carbons (Fsp3) is 0.160. The predicted octanol–water partition coefficient (Wildman–Crippen LogP) is 5.45. The highest BCUT2D eigenvalue weighted by Gasteiger charge is 2.16. The van der Waals surface area contributed by atoms with Crippen molar-refractivity contribution in [2.45, 2.75) is 13.8 Å². The van der Waals surface area contributed by atoms with Gasteiger partial charge in [0.25, 0.3) is 5.91 Å². The highest BCUT2D eigenvalue weighted by Crippen LogP contribution is 2.30. The van der Waals surface area contributed by atoms with Gasteiger partial charge in [0.2, 0.25) is 0 Å². The van der Waals surface area contributed by atoms with Crippen LogP contribution in [0.25, 0.3) is 0 Å². The van der Waals surface area contributed by atoms with Gasteiger partial charge in [-0.15, -0.1) is 0 Å². The molecule has 1 amide bonds. The number of amides is 1. The number of aryl methyl sites for hydroxylation is 1. The van der Waals surface area contributed by atoms with E-state index in [1.54, 1.807) is 43.3 Å². The van der Waals surface area contributed by atoms with Gasteiger partial charge in [-0.05, 0) is 67.9 Å². The van der Waals surface area contributed by atoms with E-state index in [0.717, 1.165) is 5.56 Å². The monoisotopic (exact) mass is 500 g/mol. The SMILES string of the molecule is CCOc1cc(/C=N/NC(=O)COc2ccc(C)cc2)ccc1OC(=O)c1ccc(Cl)cc1Cl. The van der Waals surface area contributed by atoms with Gasteiger partial charge < -0.3 is 14.2 Å². The maximum Gasteiger partial charge on any atom is 0.345 e. The van der Waals surface area contributed by atoms with E-state index < -0.39 is 11.9 Å². The van der Waals surface area contributed by atoms with E-state index in [4.69, 9.17) is 37.4 Å². The van der Waals surface area contributed by atoms with Crippen LogP contribution in [0, 0.1) is 6.92 Å². The topological polar surface area (TPSA) is 86.2 Å². The van der Waals surface area contributed by atoms with Crippen LogP contribution in [0.5, 0.6) is 17.2 Å². The minimum atomic E-state index is -0.648. The number of carbonyl (C=O) groups is 2. The zero-order chi connectivity index (χ0) is 24.5. The van der Waals surface area contributed by atoms with Crippen LogP contribution >= 0.6 is 23.2 Å². The van der Waals surface area contributed by atoms with Crippen molar-refractivity contribution < 1.29 is 23.8 Å². The lowest BCUT2D eigenvalue weighted by molar-refractivity contribution is -0.123. The molecule has 0 spiro atoms. The van der Waals surface area contributed by atoms with Gasteiger partial charge in [-0.3, -0.25) is 4.79 Å². The molecule has 9 heteroatoms. The van der Waals surface area contributed by atoms with E-state index in [2.05, 4.69) is 10.5 Å². The summed E-state index contributed by atoms with van der Waals surface area (Å²) in [6, 6.07) is 16.7. The van der Waals surface area contributed by atoms with Crippen LogP contribution in [-0.4, -0.2) is 31.3 Å². The predicted molar refractivity (Wildman–Crippen MR) is 131 cm³/mol. The highest BCUT2D eigenvalue weighted by molar-refractivity contribution is 6.36. The molecule has 0 aliphatic rings. The number of hydrogen-bond donors (Lipinski definition) is 1. The highest BCUT2D eigenvalue weighted by atomic mass is 35.5. The number of hydrogen-bond acceptors (Lipinski definition) is 6. The third kappa shape index (κ3) is 7.23. The van der Waals surface area contributed by atoms with Crippen LogP contribution in [0.3, 0.4) is 0 Å². The van der Waals surface area contributed by atoms with Gasteiger partial charge in [0.05, 0.1) is 23.4 Å². The fourth-order valence-electron chi connectivity index (χ4n) is 2.76. The molecule has 0 fully saturated rings. The second kappa shape index (κ2) is 12.1. The first kappa shape index (κ1) is 25.1. The van der Waals surface area contributed by atoms with Gasteiger partial charge in [-0.1, -0.05) is 40.9 Å². The van der Waals surface area contributed by atoms with Gasteiger partial charge in [0, 0.05) is 5.02 Å². The average molecular weight is 501 g/mol. The smallest absolute Gasteiger partial charge is 0.345 e. The first-order valence-corrected chi connectivity index (χ1v) is 11.1. The lowest BCUT2D eigenvalue weighted by Gasteiger charge is -2.12. The molecule has 0 aliphatic carbocycles. The lowest BCUT2D eigenvalue weighted by Crippen LogP contribution is -2.24. The molecule has 0 aliphatic heterocycles. The Morgan fingerprint density at radius 2 is 1.74 bits per heavy atom. The molecule has 176 valence electrons. The summed E-state index contributed by atoms with van der Waals surface area (Å²) in [7, 11) is 0. The number of benzene rings is 3. The molecular formula is C25H22Cl2N2O5. The molecule has 3 aromatic carbocycles. The Morgan fingerprint density at radius 3 is 2.44 bits per heavy atom. The van der Waals surface area contributed by atoms with Crippen molar-refractivity contribution in [2.24, 2.45) is 5.10 Å². The Kier molecular flexibility index (Phi) is 8.90. The second-order valence-corrected chi connectivity index (χ2v) is 7.89. The van der Waals surface area contributed by atoms with E-state index in [0.29, 0.717) is 28.7 Å². The number of esters is 1. The number of ether oxygens (including phenoxy) is 3. The Bertz CT molecular complexity index is 1200. The van der Waals surface area contributed by atoms with Crippen LogP contribution < -0.4 is 19.6 Å². The van der Waals surface area contributed by atoms with Crippen molar-refractivity contribution in [3.63, 3.8) is 0 Å². The molecule has 0 saturated heterocycles. The standard InChI is InChI=1S/C25H22Cl2N2O5/c1-3-32-23-12-17(14-28-29-24(30)15-33-19-8-4-16(2)5-9-19)6-11-22(23)34-25(31)20-10-7-18(26)13-21(20)27/h4-14H,3,15H2,1-2H3,(H,29,30)/b28-14+. The second-order valence-electron chi connectivity index (χ2n) is 7.05. The molecule has 0 bridgehead atoms. The van der Waals surface area contributed by atoms with E-state index in [-0.39, 0.29) is 22.9 Å². The summed E-state index contributed by atoms with van der Waals surface area (Å²) < 4.78 is 16.5. The first-order chi connectivity index (χ1) is 16.4. The Hall–Kier alpha value is -3.55. The third-order valence-electron chi connectivity index (χ3n) is 4.42. The van der Waals surface area contributed by atoms with Crippen LogP contribution in [0.2, 0.25) is 10.0 Å². The summed E-state index contributed by atoms with van der Waals surface area (Å²) in [4.78, 5) is 24.5. The zero-order valence-corrected chi connectivity index (χ0v) is 20.0. The van der Waals surface area contributed by atoms with Crippen LogP contribution in [0.15, 0.2) is 65.8 Å². The minimum absolute atomic E-state index is 0.174. The number of nitrogens with one attached hydrogen (secondary N) is 1. The van der Waals surface area contributed by atoms with E-state index in [9.17, 15) is 9.59 Å². The summed E-state index contributed by atoms with van der Waals surface area (Å²) in [5, 5.41) is 4.52. The van der Waals surface area contributed by atoms with E-state index in [1.165, 1.54) is 18.3 Å². The number of carbonyl (C=O) groups excluding carboxylic acids is 2. The molecule has 0 saturated carbocycles. The summed E-state index contributed by atoms with van der Waals surface area (Å²) in [6.07, 6.45) is 1.44. The molecule has 1 N–H and O–H groups in total. The maximum atomic E-state index is 12.5. The molecule has 0 unspecified atom stereocenters. The van der Waals surface area contributed by atoms with Crippen molar-refractivity contribution in [1.29, 1.82) is 0 Å². The van der Waals surface area contributed by atoms with Gasteiger partial charge in [-0.2, -0.15) is 5.10 Å².